The highest BCUT2D eigenvalue weighted by Gasteiger charge is 2.23. The van der Waals surface area contributed by atoms with E-state index >= 15 is 0 Å². The van der Waals surface area contributed by atoms with Crippen molar-refractivity contribution < 1.29 is 4.74 Å². The molecule has 3 aromatic rings. The molecule has 0 aliphatic heterocycles. The maximum Gasteiger partial charge on any atom is 0.191 e. The fourth-order valence-electron chi connectivity index (χ4n) is 3.62. The minimum atomic E-state index is 0.536. The van der Waals surface area contributed by atoms with Crippen molar-refractivity contribution in [3.63, 3.8) is 0 Å². The van der Waals surface area contributed by atoms with Crippen LogP contribution in [0, 0.1) is 0 Å². The van der Waals surface area contributed by atoms with Crippen LogP contribution in [-0.2, 0) is 6.42 Å². The Bertz CT molecular complexity index is 858. The molecule has 0 atom stereocenters. The topological polar surface area (TPSA) is 39.9 Å². The quantitative estimate of drug-likeness (QED) is 0.279. The van der Waals surface area contributed by atoms with Crippen molar-refractivity contribution in [3.8, 4) is 5.75 Å². The Hall–Kier alpha value is -1.31. The molecule has 1 aromatic carbocycles. The fourth-order valence-corrected chi connectivity index (χ4v) is 5.43. The molecule has 1 saturated carbocycles. The second-order valence-electron chi connectivity index (χ2n) is 6.97. The van der Waals surface area contributed by atoms with Gasteiger partial charge in [-0.05, 0) is 48.6 Å². The van der Waals surface area contributed by atoms with Gasteiger partial charge >= 0.3 is 0 Å². The summed E-state index contributed by atoms with van der Waals surface area (Å²) in [6.45, 7) is 0.657. The smallest absolute Gasteiger partial charge is 0.191 e. The first-order valence-electron chi connectivity index (χ1n) is 9.77. The summed E-state index contributed by atoms with van der Waals surface area (Å²) >= 11 is 7.00. The molecule has 0 radical (unpaired) electrons. The average Bonchev–Trinajstić information content (AvgIpc) is 3.38. The maximum atomic E-state index is 5.86. The standard InChI is InChI=1S/C21H24BrN3OS2/c22-16-8-10-18(11-9-16)26-12-14-28-21-24-23-20(15-19-7-4-13-27-19)25(21)17-5-2-1-3-6-17/h4,7-11,13,17H,1-3,5-6,12,14-15H2. The molecule has 1 fully saturated rings. The molecule has 148 valence electrons. The Balaban J connectivity index is 1.41. The third-order valence-corrected chi connectivity index (χ3v) is 7.30. The highest BCUT2D eigenvalue weighted by molar-refractivity contribution is 9.10. The van der Waals surface area contributed by atoms with Crippen LogP contribution in [0.5, 0.6) is 5.75 Å². The van der Waals surface area contributed by atoms with E-state index in [9.17, 15) is 0 Å². The summed E-state index contributed by atoms with van der Waals surface area (Å²) in [6.07, 6.45) is 7.30. The number of nitrogens with zero attached hydrogens (tertiary/aromatic N) is 3. The highest BCUT2D eigenvalue weighted by Crippen LogP contribution is 2.33. The van der Waals surface area contributed by atoms with Crippen molar-refractivity contribution in [3.05, 3.63) is 57.0 Å². The molecule has 0 amide bonds. The van der Waals surface area contributed by atoms with Gasteiger partial charge in [0.15, 0.2) is 5.16 Å². The van der Waals surface area contributed by atoms with Gasteiger partial charge < -0.3 is 9.30 Å². The lowest BCUT2D eigenvalue weighted by Crippen LogP contribution is -2.17. The first-order valence-corrected chi connectivity index (χ1v) is 12.4. The van der Waals surface area contributed by atoms with Crippen LogP contribution in [0.15, 0.2) is 51.4 Å². The van der Waals surface area contributed by atoms with Crippen molar-refractivity contribution in [2.75, 3.05) is 12.4 Å². The third-order valence-electron chi connectivity index (χ3n) is 4.98. The van der Waals surface area contributed by atoms with Gasteiger partial charge in [-0.3, -0.25) is 0 Å². The van der Waals surface area contributed by atoms with Crippen LogP contribution in [0.3, 0.4) is 0 Å². The largest absolute Gasteiger partial charge is 0.493 e. The lowest BCUT2D eigenvalue weighted by molar-refractivity contribution is 0.329. The normalized spacial score (nSPS) is 15.0. The predicted molar refractivity (Wildman–Crippen MR) is 120 cm³/mol. The molecule has 0 bridgehead atoms. The number of thioether (sulfide) groups is 1. The van der Waals surface area contributed by atoms with Crippen molar-refractivity contribution >= 4 is 39.0 Å². The summed E-state index contributed by atoms with van der Waals surface area (Å²) in [5.41, 5.74) is 0. The summed E-state index contributed by atoms with van der Waals surface area (Å²) in [7, 11) is 0. The average molecular weight is 478 g/mol. The molecule has 0 spiro atoms. The van der Waals surface area contributed by atoms with Crippen LogP contribution >= 0.6 is 39.0 Å². The van der Waals surface area contributed by atoms with E-state index in [2.05, 4.69) is 48.2 Å². The maximum absolute atomic E-state index is 5.86. The molecular weight excluding hydrogens is 454 g/mol. The van der Waals surface area contributed by atoms with Crippen LogP contribution < -0.4 is 4.74 Å². The fraction of sp³-hybridized carbons (Fsp3) is 0.429. The number of aromatic nitrogens is 3. The molecule has 7 heteroatoms. The second kappa shape index (κ2) is 9.94. The Morgan fingerprint density at radius 2 is 1.93 bits per heavy atom. The van der Waals surface area contributed by atoms with Gasteiger partial charge in [-0.2, -0.15) is 0 Å². The Labute approximate surface area is 182 Å². The number of benzene rings is 1. The molecule has 1 aliphatic carbocycles. The number of ether oxygens (including phenoxy) is 1. The molecular formula is C21H24BrN3OS2. The summed E-state index contributed by atoms with van der Waals surface area (Å²) in [6, 6.07) is 12.8. The predicted octanol–water partition coefficient (Wildman–Crippen LogP) is 6.37. The molecule has 4 nitrogen and oxygen atoms in total. The van der Waals surface area contributed by atoms with Gasteiger partial charge in [-0.25, -0.2) is 0 Å². The Morgan fingerprint density at radius 3 is 2.68 bits per heavy atom. The minimum Gasteiger partial charge on any atom is -0.493 e. The zero-order valence-corrected chi connectivity index (χ0v) is 18.9. The van der Waals surface area contributed by atoms with E-state index in [1.165, 1.54) is 37.0 Å². The summed E-state index contributed by atoms with van der Waals surface area (Å²) in [5, 5.41) is 12.3. The van der Waals surface area contributed by atoms with Crippen molar-refractivity contribution in [1.29, 1.82) is 0 Å². The Kier molecular flexibility index (Phi) is 7.09. The van der Waals surface area contributed by atoms with Crippen LogP contribution in [0.1, 0.15) is 48.8 Å². The second-order valence-corrected chi connectivity index (χ2v) is 9.98. The molecule has 2 heterocycles. The van der Waals surface area contributed by atoms with E-state index < -0.39 is 0 Å². The molecule has 0 saturated heterocycles. The number of hydrogen-bond donors (Lipinski definition) is 0. The summed E-state index contributed by atoms with van der Waals surface area (Å²) < 4.78 is 9.35. The van der Waals surface area contributed by atoms with Crippen molar-refractivity contribution in [2.24, 2.45) is 0 Å². The first-order chi connectivity index (χ1) is 13.8. The van der Waals surface area contributed by atoms with E-state index in [0.717, 1.165) is 33.4 Å². The van der Waals surface area contributed by atoms with Gasteiger partial charge in [0.2, 0.25) is 0 Å². The van der Waals surface area contributed by atoms with Crippen LogP contribution in [0.4, 0.5) is 0 Å². The monoisotopic (exact) mass is 477 g/mol. The van der Waals surface area contributed by atoms with Crippen molar-refractivity contribution in [2.45, 2.75) is 49.7 Å². The van der Waals surface area contributed by atoms with Gasteiger partial charge in [-0.15, -0.1) is 21.5 Å². The van der Waals surface area contributed by atoms with Crippen LogP contribution in [0.25, 0.3) is 0 Å². The first kappa shape index (κ1) is 20.0. The van der Waals surface area contributed by atoms with Gasteiger partial charge in [0.25, 0.3) is 0 Å². The van der Waals surface area contributed by atoms with Gasteiger partial charge in [-0.1, -0.05) is 53.0 Å². The highest BCUT2D eigenvalue weighted by atomic mass is 79.9. The molecule has 0 unspecified atom stereocenters. The van der Waals surface area contributed by atoms with Gasteiger partial charge in [0, 0.05) is 27.6 Å². The number of halogens is 1. The molecule has 28 heavy (non-hydrogen) atoms. The van der Waals surface area contributed by atoms with Gasteiger partial charge in [0.05, 0.1) is 6.61 Å². The SMILES string of the molecule is Brc1ccc(OCCSc2nnc(Cc3cccs3)n2C2CCCCC2)cc1. The molecule has 2 aromatic heterocycles. The summed E-state index contributed by atoms with van der Waals surface area (Å²) in [4.78, 5) is 1.35. The number of rotatable bonds is 8. The van der Waals surface area contributed by atoms with E-state index in [4.69, 9.17) is 4.74 Å². The number of thiophene rings is 1. The zero-order valence-electron chi connectivity index (χ0n) is 15.7. The van der Waals surface area contributed by atoms with E-state index in [0.29, 0.717) is 12.6 Å². The van der Waals surface area contributed by atoms with E-state index in [1.807, 2.05) is 24.3 Å². The zero-order chi connectivity index (χ0) is 19.2. The lowest BCUT2D eigenvalue weighted by atomic mass is 9.95. The molecule has 1 aliphatic rings. The van der Waals surface area contributed by atoms with E-state index in [1.54, 1.807) is 23.1 Å². The third kappa shape index (κ3) is 5.19. The van der Waals surface area contributed by atoms with E-state index in [-0.39, 0.29) is 0 Å². The van der Waals surface area contributed by atoms with Crippen LogP contribution in [-0.4, -0.2) is 27.1 Å². The minimum absolute atomic E-state index is 0.536. The lowest BCUT2D eigenvalue weighted by Gasteiger charge is -2.25. The molecule has 4 rings (SSSR count). The summed E-state index contributed by atoms with van der Waals surface area (Å²) in [5.74, 6) is 2.86. The van der Waals surface area contributed by atoms with Crippen molar-refractivity contribution in [1.82, 2.24) is 14.8 Å². The van der Waals surface area contributed by atoms with Gasteiger partial charge in [0.1, 0.15) is 11.6 Å². The Morgan fingerprint density at radius 1 is 1.11 bits per heavy atom. The molecule has 0 N–H and O–H groups in total. The van der Waals surface area contributed by atoms with Crippen LogP contribution in [0.2, 0.25) is 0 Å². The number of hydrogen-bond acceptors (Lipinski definition) is 5.